The van der Waals surface area contributed by atoms with Gasteiger partial charge in [0, 0.05) is 20.0 Å². The van der Waals surface area contributed by atoms with Crippen LogP contribution in [0.5, 0.6) is 0 Å². The van der Waals surface area contributed by atoms with Gasteiger partial charge in [0.05, 0.1) is 19.6 Å². The zero-order chi connectivity index (χ0) is 15.4. The van der Waals surface area contributed by atoms with Crippen molar-refractivity contribution in [2.75, 3.05) is 33.2 Å². The standard InChI is InChI=1S/C10H20N6O4/c1-12-16-7(17)2-3-13-9(19)5-15-10(20)6-14-8(18)4-11/h12H,2-6,11H2,1H3,(H,13,19)(H,14,18)(H,15,20)(H,16,17). The molecule has 0 aromatic heterocycles. The summed E-state index contributed by atoms with van der Waals surface area (Å²) >= 11 is 0. The Kier molecular flexibility index (Phi) is 9.52. The molecule has 114 valence electrons. The van der Waals surface area contributed by atoms with Crippen molar-refractivity contribution in [3.63, 3.8) is 0 Å². The van der Waals surface area contributed by atoms with Gasteiger partial charge in [0.25, 0.3) is 0 Å². The van der Waals surface area contributed by atoms with Gasteiger partial charge < -0.3 is 21.7 Å². The van der Waals surface area contributed by atoms with Crippen molar-refractivity contribution >= 4 is 23.6 Å². The smallest absolute Gasteiger partial charge is 0.239 e. The lowest BCUT2D eigenvalue weighted by Gasteiger charge is -2.07. The Morgan fingerprint density at radius 3 is 1.95 bits per heavy atom. The van der Waals surface area contributed by atoms with E-state index in [4.69, 9.17) is 5.73 Å². The number of hydrogen-bond acceptors (Lipinski definition) is 6. The lowest BCUT2D eigenvalue weighted by molar-refractivity contribution is -0.127. The van der Waals surface area contributed by atoms with E-state index in [1.807, 2.05) is 0 Å². The van der Waals surface area contributed by atoms with Crippen LogP contribution in [0.4, 0.5) is 0 Å². The molecular weight excluding hydrogens is 268 g/mol. The molecule has 0 aromatic rings. The molecule has 7 N–H and O–H groups in total. The summed E-state index contributed by atoms with van der Waals surface area (Å²) < 4.78 is 0. The lowest BCUT2D eigenvalue weighted by Crippen LogP contribution is -2.43. The molecule has 0 rings (SSSR count). The predicted octanol–water partition coefficient (Wildman–Crippen LogP) is -4.07. The fourth-order valence-electron chi connectivity index (χ4n) is 1.07. The summed E-state index contributed by atoms with van der Waals surface area (Å²) in [7, 11) is 1.55. The van der Waals surface area contributed by atoms with Gasteiger partial charge in [-0.25, -0.2) is 5.43 Å². The first-order valence-corrected chi connectivity index (χ1v) is 5.95. The minimum Gasteiger partial charge on any atom is -0.354 e. The van der Waals surface area contributed by atoms with Crippen LogP contribution in [-0.4, -0.2) is 56.9 Å². The van der Waals surface area contributed by atoms with Crippen molar-refractivity contribution in [3.8, 4) is 0 Å². The Hall–Kier alpha value is -2.20. The van der Waals surface area contributed by atoms with E-state index in [1.165, 1.54) is 0 Å². The Balaban J connectivity index is 3.64. The second kappa shape index (κ2) is 10.7. The predicted molar refractivity (Wildman–Crippen MR) is 69.9 cm³/mol. The number of hydrazine groups is 1. The lowest BCUT2D eigenvalue weighted by atomic mass is 10.4. The summed E-state index contributed by atoms with van der Waals surface area (Å²) in [5, 5.41) is 7.02. The molecule has 10 nitrogen and oxygen atoms in total. The van der Waals surface area contributed by atoms with Crippen LogP contribution in [0.15, 0.2) is 0 Å². The van der Waals surface area contributed by atoms with E-state index in [9.17, 15) is 19.2 Å². The molecule has 0 saturated heterocycles. The molecule has 20 heavy (non-hydrogen) atoms. The third-order valence-electron chi connectivity index (χ3n) is 2.02. The number of carbonyl (C=O) groups is 4. The van der Waals surface area contributed by atoms with Crippen molar-refractivity contribution < 1.29 is 19.2 Å². The van der Waals surface area contributed by atoms with Crippen molar-refractivity contribution in [2.24, 2.45) is 5.73 Å². The van der Waals surface area contributed by atoms with Crippen molar-refractivity contribution in [2.45, 2.75) is 6.42 Å². The third-order valence-corrected chi connectivity index (χ3v) is 2.02. The fraction of sp³-hybridized carbons (Fsp3) is 0.600. The highest BCUT2D eigenvalue weighted by Crippen LogP contribution is 1.76. The van der Waals surface area contributed by atoms with Gasteiger partial charge in [-0.05, 0) is 0 Å². The molecule has 4 amide bonds. The molecule has 0 aliphatic carbocycles. The number of amides is 4. The van der Waals surface area contributed by atoms with Crippen molar-refractivity contribution in [3.05, 3.63) is 0 Å². The Morgan fingerprint density at radius 2 is 1.40 bits per heavy atom. The average Bonchev–Trinajstić information content (AvgIpc) is 2.42. The molecule has 10 heteroatoms. The third kappa shape index (κ3) is 9.79. The van der Waals surface area contributed by atoms with E-state index in [2.05, 4.69) is 26.8 Å². The van der Waals surface area contributed by atoms with Gasteiger partial charge >= 0.3 is 0 Å². The second-order valence-electron chi connectivity index (χ2n) is 3.66. The topological polar surface area (TPSA) is 154 Å². The van der Waals surface area contributed by atoms with Gasteiger partial charge in [0.1, 0.15) is 0 Å². The Bertz CT molecular complexity index is 360. The highest BCUT2D eigenvalue weighted by atomic mass is 16.2. The number of nitrogens with one attached hydrogen (secondary N) is 5. The summed E-state index contributed by atoms with van der Waals surface area (Å²) in [4.78, 5) is 44.3. The molecule has 0 fully saturated rings. The van der Waals surface area contributed by atoms with Crippen LogP contribution in [0.3, 0.4) is 0 Å². The molecule has 0 bridgehead atoms. The van der Waals surface area contributed by atoms with E-state index < -0.39 is 17.7 Å². The highest BCUT2D eigenvalue weighted by molar-refractivity contribution is 5.88. The summed E-state index contributed by atoms with van der Waals surface area (Å²) in [6.07, 6.45) is 0.118. The van der Waals surface area contributed by atoms with Gasteiger partial charge in [-0.1, -0.05) is 0 Å². The van der Waals surface area contributed by atoms with Gasteiger partial charge in [-0.15, -0.1) is 0 Å². The largest absolute Gasteiger partial charge is 0.354 e. The van der Waals surface area contributed by atoms with Crippen LogP contribution in [0.2, 0.25) is 0 Å². The molecule has 0 atom stereocenters. The SMILES string of the molecule is CNNC(=O)CCNC(=O)CNC(=O)CNC(=O)CN. The molecular formula is C10H20N6O4. The number of rotatable bonds is 9. The molecule has 0 aromatic carbocycles. The van der Waals surface area contributed by atoms with Gasteiger partial charge in [-0.3, -0.25) is 24.6 Å². The van der Waals surface area contributed by atoms with Crippen LogP contribution in [0, 0.1) is 0 Å². The summed E-state index contributed by atoms with van der Waals surface area (Å²) in [6.45, 7) is -0.520. The quantitative estimate of drug-likeness (QED) is 0.237. The molecule has 0 spiro atoms. The van der Waals surface area contributed by atoms with Crippen LogP contribution < -0.4 is 32.5 Å². The van der Waals surface area contributed by atoms with Crippen molar-refractivity contribution in [1.29, 1.82) is 0 Å². The maximum atomic E-state index is 11.3. The van der Waals surface area contributed by atoms with E-state index in [1.54, 1.807) is 7.05 Å². The van der Waals surface area contributed by atoms with Crippen LogP contribution in [0.25, 0.3) is 0 Å². The molecule has 0 unspecified atom stereocenters. The number of nitrogens with two attached hydrogens (primary N) is 1. The minimum absolute atomic E-state index is 0.118. The molecule has 0 saturated carbocycles. The molecule has 0 aliphatic heterocycles. The molecule has 0 aliphatic rings. The second-order valence-corrected chi connectivity index (χ2v) is 3.66. The summed E-state index contributed by atoms with van der Waals surface area (Å²) in [6, 6.07) is 0. The minimum atomic E-state index is -0.505. The van der Waals surface area contributed by atoms with Crippen LogP contribution in [0.1, 0.15) is 6.42 Å². The van der Waals surface area contributed by atoms with E-state index in [0.717, 1.165) is 0 Å². The highest BCUT2D eigenvalue weighted by Gasteiger charge is 2.07. The Morgan fingerprint density at radius 1 is 0.850 bits per heavy atom. The van der Waals surface area contributed by atoms with E-state index >= 15 is 0 Å². The van der Waals surface area contributed by atoms with Gasteiger partial charge in [0.15, 0.2) is 0 Å². The first kappa shape index (κ1) is 17.8. The van der Waals surface area contributed by atoms with Gasteiger partial charge in [-0.2, -0.15) is 0 Å². The monoisotopic (exact) mass is 288 g/mol. The Labute approximate surface area is 116 Å². The van der Waals surface area contributed by atoms with E-state index in [0.29, 0.717) is 0 Å². The number of hydrogen-bond donors (Lipinski definition) is 6. The summed E-state index contributed by atoms with van der Waals surface area (Å²) in [5.41, 5.74) is 9.84. The fourth-order valence-corrected chi connectivity index (χ4v) is 1.07. The maximum absolute atomic E-state index is 11.3. The zero-order valence-electron chi connectivity index (χ0n) is 11.2. The first-order chi connectivity index (χ1) is 9.49. The maximum Gasteiger partial charge on any atom is 0.239 e. The van der Waals surface area contributed by atoms with Crippen LogP contribution in [-0.2, 0) is 19.2 Å². The van der Waals surface area contributed by atoms with E-state index in [-0.39, 0.29) is 38.5 Å². The van der Waals surface area contributed by atoms with Crippen LogP contribution >= 0.6 is 0 Å². The first-order valence-electron chi connectivity index (χ1n) is 5.95. The normalized spacial score (nSPS) is 9.50. The molecule has 0 heterocycles. The average molecular weight is 288 g/mol. The van der Waals surface area contributed by atoms with Crippen molar-refractivity contribution in [1.82, 2.24) is 26.8 Å². The summed E-state index contributed by atoms with van der Waals surface area (Å²) in [5.74, 6) is -1.66. The molecule has 0 radical (unpaired) electrons. The zero-order valence-corrected chi connectivity index (χ0v) is 11.2. The van der Waals surface area contributed by atoms with Gasteiger partial charge in [0.2, 0.25) is 23.6 Å². The number of carbonyl (C=O) groups excluding carboxylic acids is 4.